The Hall–Kier alpha value is -4.92. The lowest BCUT2D eigenvalue weighted by Gasteiger charge is -2.12. The Morgan fingerprint density at radius 3 is 1.43 bits per heavy atom. The Balaban J connectivity index is 1.38. The van der Waals surface area contributed by atoms with Gasteiger partial charge in [-0.05, 0) is 60.4 Å². The van der Waals surface area contributed by atoms with E-state index < -0.39 is 0 Å². The van der Waals surface area contributed by atoms with E-state index in [1.54, 1.807) is 24.6 Å². The van der Waals surface area contributed by atoms with Crippen molar-refractivity contribution < 1.29 is 29.2 Å². The zero-order chi connectivity index (χ0) is 30.6. The lowest BCUT2D eigenvalue weighted by atomic mass is 9.96. The van der Waals surface area contributed by atoms with Crippen LogP contribution in [-0.4, -0.2) is 62.3 Å². The fourth-order valence-electron chi connectivity index (χ4n) is 4.71. The molecular formula is C36H36N2O6. The van der Waals surface area contributed by atoms with Crippen LogP contribution in [0.25, 0.3) is 0 Å². The van der Waals surface area contributed by atoms with Crippen LogP contribution in [-0.2, 0) is 22.3 Å². The summed E-state index contributed by atoms with van der Waals surface area (Å²) in [5, 5.41) is 22.1. The summed E-state index contributed by atoms with van der Waals surface area (Å²) in [5.41, 5.74) is 4.71. The third-order valence-corrected chi connectivity index (χ3v) is 6.94. The van der Waals surface area contributed by atoms with Gasteiger partial charge in [0.1, 0.15) is 47.6 Å². The second-order valence-corrected chi connectivity index (χ2v) is 10.2. The molecule has 0 aromatic heterocycles. The number of para-hydroxylation sites is 6. The van der Waals surface area contributed by atoms with Crippen molar-refractivity contribution >= 4 is 23.8 Å². The van der Waals surface area contributed by atoms with Gasteiger partial charge in [0.15, 0.2) is 0 Å². The van der Waals surface area contributed by atoms with E-state index in [-0.39, 0.29) is 11.5 Å². The average molecular weight is 593 g/mol. The van der Waals surface area contributed by atoms with Crippen molar-refractivity contribution in [3.8, 4) is 23.0 Å². The molecule has 1 aliphatic rings. The molecule has 1 heterocycles. The van der Waals surface area contributed by atoms with Gasteiger partial charge in [-0.2, -0.15) is 0 Å². The minimum absolute atomic E-state index is 0.134. The molecule has 5 rings (SSSR count). The minimum Gasteiger partial charge on any atom is -0.507 e. The molecule has 8 nitrogen and oxygen atoms in total. The SMILES string of the molecule is C=C1Cc2cccc(c2O)C=Nc2ccccc2OCCOCCOCCOc2ccccc2N=Cc2cccc(c2O)C1. The molecule has 1 aliphatic heterocycles. The number of benzene rings is 4. The molecule has 2 N–H and O–H groups in total. The monoisotopic (exact) mass is 592 g/mol. The van der Waals surface area contributed by atoms with Gasteiger partial charge in [0.2, 0.25) is 0 Å². The van der Waals surface area contributed by atoms with Crippen LogP contribution in [0.15, 0.2) is 107 Å². The lowest BCUT2D eigenvalue weighted by Crippen LogP contribution is -2.13. The summed E-state index contributed by atoms with van der Waals surface area (Å²) in [5.74, 6) is 1.51. The smallest absolute Gasteiger partial charge is 0.145 e. The van der Waals surface area contributed by atoms with Gasteiger partial charge in [0, 0.05) is 23.6 Å². The summed E-state index contributed by atoms with van der Waals surface area (Å²) >= 11 is 0. The van der Waals surface area contributed by atoms with E-state index in [1.807, 2.05) is 72.8 Å². The van der Waals surface area contributed by atoms with Crippen LogP contribution < -0.4 is 9.47 Å². The second-order valence-electron chi connectivity index (χ2n) is 10.2. The molecule has 0 atom stereocenters. The second kappa shape index (κ2) is 15.5. The third kappa shape index (κ3) is 8.34. The van der Waals surface area contributed by atoms with E-state index >= 15 is 0 Å². The number of allylic oxidation sites excluding steroid dienone is 1. The zero-order valence-corrected chi connectivity index (χ0v) is 24.5. The van der Waals surface area contributed by atoms with Crippen molar-refractivity contribution in [1.82, 2.24) is 0 Å². The van der Waals surface area contributed by atoms with E-state index in [1.165, 1.54) is 0 Å². The number of hydrogen-bond donors (Lipinski definition) is 2. The van der Waals surface area contributed by atoms with Gasteiger partial charge in [0.25, 0.3) is 0 Å². The molecule has 44 heavy (non-hydrogen) atoms. The van der Waals surface area contributed by atoms with Crippen LogP contribution in [0.3, 0.4) is 0 Å². The van der Waals surface area contributed by atoms with Crippen LogP contribution >= 0.6 is 0 Å². The summed E-state index contributed by atoms with van der Waals surface area (Å²) < 4.78 is 23.1. The van der Waals surface area contributed by atoms with E-state index in [2.05, 4.69) is 16.6 Å². The summed E-state index contributed by atoms with van der Waals surface area (Å²) in [6.45, 7) is 6.58. The summed E-state index contributed by atoms with van der Waals surface area (Å²) in [7, 11) is 0. The van der Waals surface area contributed by atoms with Gasteiger partial charge in [-0.3, -0.25) is 9.98 Å². The number of phenolic OH excluding ortho intramolecular Hbond substituents is 2. The molecule has 0 saturated heterocycles. The highest BCUT2D eigenvalue weighted by Crippen LogP contribution is 2.31. The predicted octanol–water partition coefficient (Wildman–Crippen LogP) is 6.74. The molecule has 8 heteroatoms. The number of phenols is 2. The van der Waals surface area contributed by atoms with E-state index in [9.17, 15) is 10.2 Å². The Morgan fingerprint density at radius 1 is 0.523 bits per heavy atom. The number of fused-ring (bicyclic) bond motifs is 6. The first-order valence-electron chi connectivity index (χ1n) is 14.5. The van der Waals surface area contributed by atoms with Crippen LogP contribution in [0.4, 0.5) is 11.4 Å². The maximum Gasteiger partial charge on any atom is 0.145 e. The number of aromatic hydroxyl groups is 2. The Morgan fingerprint density at radius 2 is 0.955 bits per heavy atom. The first kappa shape index (κ1) is 30.5. The third-order valence-electron chi connectivity index (χ3n) is 6.94. The zero-order valence-electron chi connectivity index (χ0n) is 24.5. The number of rotatable bonds is 0. The summed E-state index contributed by atoms with van der Waals surface area (Å²) in [6.07, 6.45) is 4.11. The number of ether oxygens (including phenoxy) is 4. The standard InChI is InChI=1S/C36H36N2O6/c1-26-22-27-8-6-10-29(35(27)39)24-37-31-12-2-4-14-33(31)43-20-18-41-16-17-42-19-21-44-34-15-5-3-13-32(34)38-25-30-11-7-9-28(23-26)36(30)40/h2-15,24-25,39-40H,1,16-23H2. The van der Waals surface area contributed by atoms with Gasteiger partial charge in [-0.15, -0.1) is 0 Å². The van der Waals surface area contributed by atoms with Gasteiger partial charge < -0.3 is 29.2 Å². The van der Waals surface area contributed by atoms with Crippen molar-refractivity contribution in [3.05, 3.63) is 119 Å². The van der Waals surface area contributed by atoms with Crippen molar-refractivity contribution in [2.45, 2.75) is 12.8 Å². The van der Waals surface area contributed by atoms with Crippen molar-refractivity contribution in [2.75, 3.05) is 39.6 Å². The topological polar surface area (TPSA) is 102 Å². The minimum atomic E-state index is 0.134. The van der Waals surface area contributed by atoms with Gasteiger partial charge >= 0.3 is 0 Å². The van der Waals surface area contributed by atoms with Gasteiger partial charge in [-0.25, -0.2) is 0 Å². The fraction of sp³-hybridized carbons (Fsp3) is 0.222. The van der Waals surface area contributed by atoms with Crippen LogP contribution in [0, 0.1) is 0 Å². The molecule has 0 aliphatic carbocycles. The Labute approximate surface area is 257 Å². The van der Waals surface area contributed by atoms with E-state index in [4.69, 9.17) is 18.9 Å². The molecular weight excluding hydrogens is 556 g/mol. The van der Waals surface area contributed by atoms with E-state index in [0.29, 0.717) is 86.5 Å². The predicted molar refractivity (Wildman–Crippen MR) is 173 cm³/mol. The quantitative estimate of drug-likeness (QED) is 0.219. The largest absolute Gasteiger partial charge is 0.507 e. The number of hydrogen-bond acceptors (Lipinski definition) is 8. The first-order valence-corrected chi connectivity index (χ1v) is 14.5. The molecule has 4 bridgehead atoms. The Kier molecular flexibility index (Phi) is 10.8. The van der Waals surface area contributed by atoms with Crippen LogP contribution in [0.5, 0.6) is 23.0 Å². The van der Waals surface area contributed by atoms with Crippen molar-refractivity contribution in [2.24, 2.45) is 9.98 Å². The van der Waals surface area contributed by atoms with Crippen LogP contribution in [0.2, 0.25) is 0 Å². The fourth-order valence-corrected chi connectivity index (χ4v) is 4.71. The maximum atomic E-state index is 11.1. The molecule has 0 radical (unpaired) electrons. The molecule has 226 valence electrons. The maximum absolute atomic E-state index is 11.1. The van der Waals surface area contributed by atoms with Crippen molar-refractivity contribution in [1.29, 1.82) is 0 Å². The van der Waals surface area contributed by atoms with E-state index in [0.717, 1.165) is 16.7 Å². The van der Waals surface area contributed by atoms with Gasteiger partial charge in [0.05, 0.1) is 26.4 Å². The molecule has 0 amide bonds. The van der Waals surface area contributed by atoms with Crippen molar-refractivity contribution in [3.63, 3.8) is 0 Å². The molecule has 4 aromatic carbocycles. The first-order chi connectivity index (χ1) is 21.6. The Bertz CT molecular complexity index is 1510. The summed E-state index contributed by atoms with van der Waals surface area (Å²) in [4.78, 5) is 9.18. The molecule has 0 saturated carbocycles. The van der Waals surface area contributed by atoms with Gasteiger partial charge in [-0.1, -0.05) is 60.7 Å². The highest BCUT2D eigenvalue weighted by atomic mass is 16.6. The average Bonchev–Trinajstić information content (AvgIpc) is 3.03. The van der Waals surface area contributed by atoms with Crippen LogP contribution in [0.1, 0.15) is 22.3 Å². The molecule has 0 unspecified atom stereocenters. The highest BCUT2D eigenvalue weighted by Gasteiger charge is 2.12. The molecule has 4 aromatic rings. The molecule has 0 fully saturated rings. The lowest BCUT2D eigenvalue weighted by molar-refractivity contribution is 0.0275. The summed E-state index contributed by atoms with van der Waals surface area (Å²) in [6, 6.07) is 26.0. The normalized spacial score (nSPS) is 15.2. The number of aliphatic imine (C=N–C) groups is 2. The molecule has 0 spiro atoms. The number of nitrogens with zero attached hydrogens (tertiary/aromatic N) is 2. The highest BCUT2D eigenvalue weighted by molar-refractivity contribution is 5.87.